The molecule has 2 aliphatic rings. The highest BCUT2D eigenvalue weighted by molar-refractivity contribution is 5.94. The third-order valence-electron chi connectivity index (χ3n) is 8.22. The number of amides is 2. The first-order chi connectivity index (χ1) is 24.4. The van der Waals surface area contributed by atoms with Gasteiger partial charge in [0.2, 0.25) is 0 Å². The molecule has 1 aromatic carbocycles. The fourth-order valence-electron chi connectivity index (χ4n) is 5.32. The van der Waals surface area contributed by atoms with Gasteiger partial charge in [-0.05, 0) is 24.6 Å². The molecule has 21 heteroatoms. The van der Waals surface area contributed by atoms with Crippen molar-refractivity contribution in [2.24, 2.45) is 5.92 Å². The number of carbonyl (C=O) groups is 3. The molecule has 6 rings (SSSR count). The van der Waals surface area contributed by atoms with Gasteiger partial charge in [-0.1, -0.05) is 38.1 Å². The number of carboxylic acid groups (broad SMARTS) is 2. The van der Waals surface area contributed by atoms with E-state index in [1.54, 1.807) is 10.8 Å². The van der Waals surface area contributed by atoms with Gasteiger partial charge in [-0.15, -0.1) is 0 Å². The molecule has 15 nitrogen and oxygen atoms in total. The number of aromatic amines is 1. The Morgan fingerprint density at radius 1 is 0.923 bits per heavy atom. The average molecular weight is 743 g/mol. The molecule has 52 heavy (non-hydrogen) atoms. The SMILES string of the molecule is CC(C)[C@H]1CN(CCN2CCN(C)CC2)C(=O)N1c1ccn2ncc(-c3ccc(-c4nc[nH]n4)cc3)c2n1.O=C(O)C(F)(F)F.O=C(O)C(F)(F)F. The maximum atomic E-state index is 13.7. The van der Waals surface area contributed by atoms with Crippen molar-refractivity contribution < 1.29 is 50.9 Å². The van der Waals surface area contributed by atoms with Crippen molar-refractivity contribution in [1.29, 1.82) is 0 Å². The van der Waals surface area contributed by atoms with Gasteiger partial charge in [0.25, 0.3) is 0 Å². The Bertz CT molecular complexity index is 1780. The number of benzene rings is 1. The summed E-state index contributed by atoms with van der Waals surface area (Å²) in [4.78, 5) is 49.3. The van der Waals surface area contributed by atoms with Crippen LogP contribution < -0.4 is 4.90 Å². The van der Waals surface area contributed by atoms with E-state index in [1.165, 1.54) is 0 Å². The number of hydrogen-bond acceptors (Lipinski definition) is 9. The molecule has 0 aliphatic carbocycles. The van der Waals surface area contributed by atoms with Crippen LogP contribution in [0.1, 0.15) is 13.8 Å². The lowest BCUT2D eigenvalue weighted by molar-refractivity contribution is -0.193. The van der Waals surface area contributed by atoms with Crippen molar-refractivity contribution in [2.45, 2.75) is 32.2 Å². The lowest BCUT2D eigenvalue weighted by Gasteiger charge is -2.33. The standard InChI is InChI=1S/C27H34N10O.2C2HF3O2/c1-19(2)23-17-35(15-14-34-12-10-33(3)11-13-34)27(38)37(23)24-8-9-36-26(31-24)22(16-30-36)20-4-6-21(7-5-20)25-28-18-29-32-25;2*3-2(4,5)1(6)7/h4-9,16,18-19,23H,10-15,17H2,1-3H3,(H,28,29,32);2*(H,6,7)/t23-;;/m1../s1. The van der Waals surface area contributed by atoms with Gasteiger partial charge in [-0.2, -0.15) is 36.5 Å². The van der Waals surface area contributed by atoms with Crippen LogP contribution in [0.4, 0.5) is 37.0 Å². The van der Waals surface area contributed by atoms with Crippen LogP contribution in [0.25, 0.3) is 28.2 Å². The lowest BCUT2D eigenvalue weighted by Crippen LogP contribution is -2.47. The second-order valence-electron chi connectivity index (χ2n) is 12.2. The lowest BCUT2D eigenvalue weighted by atomic mass is 10.0. The third kappa shape index (κ3) is 9.93. The quantitative estimate of drug-likeness (QED) is 0.234. The number of carboxylic acids is 2. The summed E-state index contributed by atoms with van der Waals surface area (Å²) in [6.45, 7) is 11.0. The molecule has 4 aromatic rings. The van der Waals surface area contributed by atoms with Crippen molar-refractivity contribution in [3.63, 3.8) is 0 Å². The molecule has 3 aromatic heterocycles. The van der Waals surface area contributed by atoms with E-state index in [0.29, 0.717) is 24.1 Å². The number of aromatic nitrogens is 6. The first-order valence-electron chi connectivity index (χ1n) is 15.8. The van der Waals surface area contributed by atoms with Gasteiger partial charge in [0, 0.05) is 63.1 Å². The molecule has 2 saturated heterocycles. The zero-order chi connectivity index (χ0) is 38.4. The fourth-order valence-corrected chi connectivity index (χ4v) is 5.32. The molecular formula is C31H36F6N10O5. The van der Waals surface area contributed by atoms with E-state index >= 15 is 0 Å². The third-order valence-corrected chi connectivity index (χ3v) is 8.22. The summed E-state index contributed by atoms with van der Waals surface area (Å²) in [5.41, 5.74) is 3.55. The number of alkyl halides is 6. The minimum Gasteiger partial charge on any atom is -0.475 e. The number of halogens is 6. The Hall–Kier alpha value is -5.31. The number of nitrogens with one attached hydrogen (secondary N) is 1. The predicted molar refractivity (Wildman–Crippen MR) is 173 cm³/mol. The summed E-state index contributed by atoms with van der Waals surface area (Å²) >= 11 is 0. The van der Waals surface area contributed by atoms with Gasteiger partial charge >= 0.3 is 30.3 Å². The highest BCUT2D eigenvalue weighted by Crippen LogP contribution is 2.31. The van der Waals surface area contributed by atoms with Gasteiger partial charge in [-0.3, -0.25) is 14.9 Å². The summed E-state index contributed by atoms with van der Waals surface area (Å²) in [7, 11) is 2.16. The number of rotatable bonds is 7. The summed E-state index contributed by atoms with van der Waals surface area (Å²) in [6.07, 6.45) is -4.89. The Labute approximate surface area is 292 Å². The van der Waals surface area contributed by atoms with E-state index in [2.05, 4.69) is 51.0 Å². The van der Waals surface area contributed by atoms with Crippen molar-refractivity contribution in [3.8, 4) is 22.5 Å². The van der Waals surface area contributed by atoms with E-state index in [4.69, 9.17) is 24.8 Å². The van der Waals surface area contributed by atoms with E-state index in [9.17, 15) is 31.1 Å². The summed E-state index contributed by atoms with van der Waals surface area (Å²) in [6, 6.07) is 10.0. The second-order valence-corrected chi connectivity index (χ2v) is 12.2. The molecule has 2 aliphatic heterocycles. The number of piperazine rings is 1. The van der Waals surface area contributed by atoms with Gasteiger partial charge in [-0.25, -0.2) is 28.9 Å². The van der Waals surface area contributed by atoms with Crippen molar-refractivity contribution >= 4 is 29.4 Å². The smallest absolute Gasteiger partial charge is 0.475 e. The Balaban J connectivity index is 0.000000367. The van der Waals surface area contributed by atoms with E-state index in [-0.39, 0.29) is 12.1 Å². The number of aliphatic carboxylic acids is 2. The number of nitrogens with zero attached hydrogens (tertiary/aromatic N) is 9. The van der Waals surface area contributed by atoms with Gasteiger partial charge in [0.1, 0.15) is 12.1 Å². The average Bonchev–Trinajstić information content (AvgIpc) is 3.84. The summed E-state index contributed by atoms with van der Waals surface area (Å²) < 4.78 is 65.2. The molecule has 0 bridgehead atoms. The molecule has 0 unspecified atom stereocenters. The van der Waals surface area contributed by atoms with Crippen molar-refractivity contribution in [3.05, 3.63) is 49.1 Å². The number of H-pyrrole nitrogens is 1. The molecule has 0 radical (unpaired) electrons. The first-order valence-corrected chi connectivity index (χ1v) is 15.8. The number of likely N-dealkylation sites (N-methyl/N-ethyl adjacent to an activating group) is 1. The van der Waals surface area contributed by atoms with Crippen LogP contribution in [-0.2, 0) is 9.59 Å². The predicted octanol–water partition coefficient (Wildman–Crippen LogP) is 3.96. The van der Waals surface area contributed by atoms with Gasteiger partial charge in [0.15, 0.2) is 11.5 Å². The first kappa shape index (κ1) is 39.5. The Morgan fingerprint density at radius 3 is 2.02 bits per heavy atom. The van der Waals surface area contributed by atoms with E-state index in [0.717, 1.165) is 61.6 Å². The Kier molecular flexibility index (Phi) is 12.4. The second kappa shape index (κ2) is 16.4. The van der Waals surface area contributed by atoms with Crippen molar-refractivity contribution in [2.75, 3.05) is 57.8 Å². The van der Waals surface area contributed by atoms with Crippen LogP contribution >= 0.6 is 0 Å². The maximum Gasteiger partial charge on any atom is 0.490 e. The maximum absolute atomic E-state index is 13.7. The molecule has 2 fully saturated rings. The van der Waals surface area contributed by atoms with Crippen LogP contribution in [0.5, 0.6) is 0 Å². The van der Waals surface area contributed by atoms with E-state index in [1.807, 2.05) is 52.5 Å². The molecule has 1 atom stereocenters. The fraction of sp³-hybridized carbons (Fsp3) is 0.452. The number of fused-ring (bicyclic) bond motifs is 1. The zero-order valence-electron chi connectivity index (χ0n) is 28.1. The Morgan fingerprint density at radius 2 is 1.50 bits per heavy atom. The minimum atomic E-state index is -5.08. The van der Waals surface area contributed by atoms with Gasteiger partial charge in [0.05, 0.1) is 12.2 Å². The molecule has 2 amide bonds. The van der Waals surface area contributed by atoms with Crippen LogP contribution in [0.15, 0.2) is 49.1 Å². The zero-order valence-corrected chi connectivity index (χ0v) is 28.1. The number of urea groups is 1. The summed E-state index contributed by atoms with van der Waals surface area (Å²) in [5, 5.41) is 25.7. The monoisotopic (exact) mass is 742 g/mol. The minimum absolute atomic E-state index is 0.0339. The van der Waals surface area contributed by atoms with Crippen LogP contribution in [0.2, 0.25) is 0 Å². The van der Waals surface area contributed by atoms with E-state index < -0.39 is 24.3 Å². The molecule has 3 N–H and O–H groups in total. The molecule has 0 spiro atoms. The highest BCUT2D eigenvalue weighted by atomic mass is 19.4. The van der Waals surface area contributed by atoms with Crippen LogP contribution in [0, 0.1) is 5.92 Å². The largest absolute Gasteiger partial charge is 0.490 e. The molecule has 282 valence electrons. The van der Waals surface area contributed by atoms with Crippen LogP contribution in [-0.4, -0.2) is 144 Å². The molecular weight excluding hydrogens is 706 g/mol. The normalized spacial score (nSPS) is 17.2. The number of anilines is 1. The molecule has 5 heterocycles. The van der Waals surface area contributed by atoms with Crippen molar-refractivity contribution in [1.82, 2.24) is 44.5 Å². The van der Waals surface area contributed by atoms with Crippen LogP contribution in [0.3, 0.4) is 0 Å². The molecule has 0 saturated carbocycles. The van der Waals surface area contributed by atoms with Gasteiger partial charge < -0.3 is 20.0 Å². The number of carbonyl (C=O) groups excluding carboxylic acids is 1. The topological polar surface area (TPSA) is 176 Å². The summed E-state index contributed by atoms with van der Waals surface area (Å²) in [5.74, 6) is -3.89. The number of hydrogen-bond donors (Lipinski definition) is 3. The highest BCUT2D eigenvalue weighted by Gasteiger charge is 2.41.